The minimum atomic E-state index is 0.314. The summed E-state index contributed by atoms with van der Waals surface area (Å²) in [6, 6.07) is 1.96. The van der Waals surface area contributed by atoms with Gasteiger partial charge in [-0.2, -0.15) is 10.3 Å². The van der Waals surface area contributed by atoms with Crippen LogP contribution in [0.25, 0.3) is 11.2 Å². The molecule has 0 spiro atoms. The average Bonchev–Trinajstić information content (AvgIpc) is 2.63. The summed E-state index contributed by atoms with van der Waals surface area (Å²) >= 11 is 0. The standard InChI is InChI=1S/C8H11N5/c1-5(3-9)6-2-7-8(10-4-6)12-13-11-7/h2,4-5H,3,9H2,1H3,(H,10,11,12,13). The quantitative estimate of drug-likeness (QED) is 0.696. The van der Waals surface area contributed by atoms with Gasteiger partial charge in [-0.3, -0.25) is 0 Å². The van der Waals surface area contributed by atoms with Gasteiger partial charge in [0.05, 0.1) is 0 Å². The first kappa shape index (κ1) is 8.12. The summed E-state index contributed by atoms with van der Waals surface area (Å²) in [4.78, 5) is 4.15. The Labute approximate surface area is 75.4 Å². The van der Waals surface area contributed by atoms with Crippen LogP contribution >= 0.6 is 0 Å². The molecule has 2 rings (SSSR count). The highest BCUT2D eigenvalue weighted by Gasteiger charge is 2.06. The van der Waals surface area contributed by atoms with Gasteiger partial charge >= 0.3 is 0 Å². The maximum Gasteiger partial charge on any atom is 0.201 e. The van der Waals surface area contributed by atoms with Crippen LogP contribution in [0.2, 0.25) is 0 Å². The average molecular weight is 177 g/mol. The smallest absolute Gasteiger partial charge is 0.201 e. The number of pyridine rings is 1. The number of nitrogens with two attached hydrogens (primary N) is 1. The van der Waals surface area contributed by atoms with Crippen LogP contribution in [0.5, 0.6) is 0 Å². The molecule has 3 N–H and O–H groups in total. The molecule has 0 amide bonds. The molecule has 0 aliphatic carbocycles. The lowest BCUT2D eigenvalue weighted by atomic mass is 10.0. The second-order valence-corrected chi connectivity index (χ2v) is 3.07. The first-order valence-electron chi connectivity index (χ1n) is 4.17. The largest absolute Gasteiger partial charge is 0.330 e. The van der Waals surface area contributed by atoms with E-state index in [0.29, 0.717) is 18.1 Å². The Kier molecular flexibility index (Phi) is 1.94. The lowest BCUT2D eigenvalue weighted by Gasteiger charge is -2.06. The van der Waals surface area contributed by atoms with Gasteiger partial charge in [-0.25, -0.2) is 4.98 Å². The molecule has 0 fully saturated rings. The van der Waals surface area contributed by atoms with Crippen molar-refractivity contribution < 1.29 is 0 Å². The van der Waals surface area contributed by atoms with Crippen LogP contribution in [-0.2, 0) is 0 Å². The van der Waals surface area contributed by atoms with E-state index in [4.69, 9.17) is 5.73 Å². The topological polar surface area (TPSA) is 80.5 Å². The van der Waals surface area contributed by atoms with E-state index < -0.39 is 0 Å². The van der Waals surface area contributed by atoms with Crippen molar-refractivity contribution in [2.24, 2.45) is 5.73 Å². The van der Waals surface area contributed by atoms with Crippen molar-refractivity contribution in [3.8, 4) is 0 Å². The third kappa shape index (κ3) is 1.38. The molecule has 13 heavy (non-hydrogen) atoms. The van der Waals surface area contributed by atoms with Crippen LogP contribution < -0.4 is 5.73 Å². The van der Waals surface area contributed by atoms with Crippen molar-refractivity contribution >= 4 is 11.2 Å². The van der Waals surface area contributed by atoms with Gasteiger partial charge in [0.1, 0.15) is 5.52 Å². The van der Waals surface area contributed by atoms with Crippen molar-refractivity contribution in [3.63, 3.8) is 0 Å². The first-order chi connectivity index (χ1) is 6.31. The number of nitrogens with zero attached hydrogens (tertiary/aromatic N) is 3. The van der Waals surface area contributed by atoms with Crippen LogP contribution in [0.3, 0.4) is 0 Å². The zero-order valence-corrected chi connectivity index (χ0v) is 7.36. The van der Waals surface area contributed by atoms with E-state index in [1.807, 2.05) is 6.07 Å². The van der Waals surface area contributed by atoms with Crippen LogP contribution in [-0.4, -0.2) is 26.9 Å². The van der Waals surface area contributed by atoms with E-state index in [1.54, 1.807) is 6.20 Å². The van der Waals surface area contributed by atoms with Crippen molar-refractivity contribution in [1.82, 2.24) is 20.4 Å². The Balaban J connectivity index is 2.48. The van der Waals surface area contributed by atoms with Gasteiger partial charge in [0.15, 0.2) is 0 Å². The molecule has 68 valence electrons. The number of hydrogen-bond donors (Lipinski definition) is 2. The van der Waals surface area contributed by atoms with Crippen LogP contribution in [0, 0.1) is 0 Å². The first-order valence-corrected chi connectivity index (χ1v) is 4.17. The van der Waals surface area contributed by atoms with Gasteiger partial charge in [0.25, 0.3) is 0 Å². The Morgan fingerprint density at radius 3 is 3.15 bits per heavy atom. The highest BCUT2D eigenvalue weighted by molar-refractivity contribution is 5.69. The van der Waals surface area contributed by atoms with E-state index in [2.05, 4.69) is 27.3 Å². The second-order valence-electron chi connectivity index (χ2n) is 3.07. The van der Waals surface area contributed by atoms with Crippen LogP contribution in [0.1, 0.15) is 18.4 Å². The minimum Gasteiger partial charge on any atom is -0.330 e. The molecule has 2 heterocycles. The summed E-state index contributed by atoms with van der Waals surface area (Å²) in [7, 11) is 0. The molecule has 2 aromatic heterocycles. The second kappa shape index (κ2) is 3.10. The van der Waals surface area contributed by atoms with Crippen molar-refractivity contribution in [2.45, 2.75) is 12.8 Å². The third-order valence-corrected chi connectivity index (χ3v) is 2.12. The normalized spacial score (nSPS) is 13.4. The number of hydrogen-bond acceptors (Lipinski definition) is 4. The van der Waals surface area contributed by atoms with Crippen LogP contribution in [0.4, 0.5) is 0 Å². The predicted molar refractivity (Wildman–Crippen MR) is 49.2 cm³/mol. The van der Waals surface area contributed by atoms with Gasteiger partial charge in [-0.05, 0) is 24.1 Å². The Morgan fingerprint density at radius 2 is 2.38 bits per heavy atom. The molecule has 1 unspecified atom stereocenters. The summed E-state index contributed by atoms with van der Waals surface area (Å²) in [6.45, 7) is 2.67. The maximum atomic E-state index is 5.55. The molecule has 0 aromatic carbocycles. The minimum absolute atomic E-state index is 0.314. The summed E-state index contributed by atoms with van der Waals surface area (Å²) in [6.07, 6.45) is 1.79. The molecule has 0 aliphatic heterocycles. The molecule has 2 aromatic rings. The van der Waals surface area contributed by atoms with Gasteiger partial charge in [-0.15, -0.1) is 5.10 Å². The monoisotopic (exact) mass is 177 g/mol. The molecular weight excluding hydrogens is 166 g/mol. The Hall–Kier alpha value is -1.49. The SMILES string of the molecule is CC(CN)c1cnc2n[nH]nc2c1. The van der Waals surface area contributed by atoms with Gasteiger partial charge < -0.3 is 5.73 Å². The number of H-pyrrole nitrogens is 1. The van der Waals surface area contributed by atoms with Crippen molar-refractivity contribution in [3.05, 3.63) is 17.8 Å². The van der Waals surface area contributed by atoms with Crippen molar-refractivity contribution in [1.29, 1.82) is 0 Å². The molecule has 0 radical (unpaired) electrons. The van der Waals surface area contributed by atoms with Gasteiger partial charge in [0, 0.05) is 6.20 Å². The Morgan fingerprint density at radius 1 is 1.54 bits per heavy atom. The summed E-state index contributed by atoms with van der Waals surface area (Å²) in [5.41, 5.74) is 8.09. The number of rotatable bonds is 2. The summed E-state index contributed by atoms with van der Waals surface area (Å²) in [5.74, 6) is 0.314. The molecule has 0 bridgehead atoms. The highest BCUT2D eigenvalue weighted by atomic mass is 15.3. The molecular formula is C8H11N5. The van der Waals surface area contributed by atoms with E-state index in [0.717, 1.165) is 11.1 Å². The van der Waals surface area contributed by atoms with Crippen molar-refractivity contribution in [2.75, 3.05) is 6.54 Å². The van der Waals surface area contributed by atoms with E-state index in [9.17, 15) is 0 Å². The number of fused-ring (bicyclic) bond motifs is 1. The zero-order valence-electron chi connectivity index (χ0n) is 7.36. The molecule has 0 aliphatic rings. The third-order valence-electron chi connectivity index (χ3n) is 2.12. The van der Waals surface area contributed by atoms with Crippen LogP contribution in [0.15, 0.2) is 12.3 Å². The predicted octanol–water partition coefficient (Wildman–Crippen LogP) is 0.415. The van der Waals surface area contributed by atoms with Gasteiger partial charge in [-0.1, -0.05) is 6.92 Å². The molecule has 5 heteroatoms. The van der Waals surface area contributed by atoms with E-state index >= 15 is 0 Å². The van der Waals surface area contributed by atoms with E-state index in [1.165, 1.54) is 0 Å². The number of aromatic amines is 1. The zero-order chi connectivity index (χ0) is 9.26. The lowest BCUT2D eigenvalue weighted by molar-refractivity contribution is 0.771. The fourth-order valence-electron chi connectivity index (χ4n) is 1.16. The lowest BCUT2D eigenvalue weighted by Crippen LogP contribution is -2.08. The molecule has 0 saturated heterocycles. The summed E-state index contributed by atoms with van der Waals surface area (Å²) < 4.78 is 0. The van der Waals surface area contributed by atoms with Gasteiger partial charge in [0.2, 0.25) is 5.65 Å². The molecule has 0 saturated carbocycles. The fraction of sp³-hybridized carbons (Fsp3) is 0.375. The maximum absolute atomic E-state index is 5.55. The fourth-order valence-corrected chi connectivity index (χ4v) is 1.16. The molecule has 5 nitrogen and oxygen atoms in total. The summed E-state index contributed by atoms with van der Waals surface area (Å²) in [5, 5.41) is 10.4. The molecule has 1 atom stereocenters. The highest BCUT2D eigenvalue weighted by Crippen LogP contribution is 2.15. The van der Waals surface area contributed by atoms with E-state index in [-0.39, 0.29) is 0 Å². The number of aromatic nitrogens is 4. The Bertz CT molecular complexity index is 408. The number of nitrogens with one attached hydrogen (secondary N) is 1.